The molecule has 1 saturated heterocycles. The summed E-state index contributed by atoms with van der Waals surface area (Å²) >= 11 is 0. The van der Waals surface area contributed by atoms with E-state index in [1.807, 2.05) is 19.9 Å². The van der Waals surface area contributed by atoms with Gasteiger partial charge in [-0.3, -0.25) is 14.4 Å². The molecule has 0 bridgehead atoms. The summed E-state index contributed by atoms with van der Waals surface area (Å²) < 4.78 is 5.04. The largest absolute Gasteiger partial charge is 0.497 e. The molecule has 144 valence electrons. The van der Waals surface area contributed by atoms with Crippen molar-refractivity contribution < 1.29 is 23.9 Å². The van der Waals surface area contributed by atoms with E-state index in [0.29, 0.717) is 16.3 Å². The summed E-state index contributed by atoms with van der Waals surface area (Å²) in [4.78, 5) is 50.7. The van der Waals surface area contributed by atoms with Crippen LogP contribution in [0.15, 0.2) is 42.5 Å². The lowest BCUT2D eigenvalue weighted by molar-refractivity contribution is -0.140. The number of urea groups is 1. The molecule has 8 heteroatoms. The monoisotopic (exact) mass is 381 g/mol. The molecule has 2 aromatic rings. The lowest BCUT2D eigenvalue weighted by atomic mass is 10.1. The van der Waals surface area contributed by atoms with E-state index in [-0.39, 0.29) is 5.69 Å². The van der Waals surface area contributed by atoms with Crippen LogP contribution >= 0.6 is 0 Å². The molecular formula is C20H19N3O5. The maximum Gasteiger partial charge on any atom is 0.339 e. The molecule has 1 fully saturated rings. The van der Waals surface area contributed by atoms with Crippen molar-refractivity contribution in [2.75, 3.05) is 23.9 Å². The van der Waals surface area contributed by atoms with E-state index in [4.69, 9.17) is 4.74 Å². The molecule has 1 N–H and O–H groups in total. The maximum absolute atomic E-state index is 12.6. The fraction of sp³-hybridized carbons (Fsp3) is 0.200. The molecule has 5 amide bonds. The van der Waals surface area contributed by atoms with Crippen LogP contribution < -0.4 is 15.0 Å². The normalized spacial score (nSPS) is 13.9. The van der Waals surface area contributed by atoms with Gasteiger partial charge in [0.15, 0.2) is 0 Å². The van der Waals surface area contributed by atoms with Gasteiger partial charge in [-0.1, -0.05) is 6.07 Å². The van der Waals surface area contributed by atoms with Crippen LogP contribution in [0.2, 0.25) is 0 Å². The first-order valence-electron chi connectivity index (χ1n) is 8.52. The highest BCUT2D eigenvalue weighted by Gasteiger charge is 2.46. The molecule has 0 atom stereocenters. The van der Waals surface area contributed by atoms with Gasteiger partial charge in [-0.2, -0.15) is 0 Å². The van der Waals surface area contributed by atoms with Crippen LogP contribution in [0.4, 0.5) is 16.2 Å². The van der Waals surface area contributed by atoms with Crippen LogP contribution in [0.1, 0.15) is 11.1 Å². The van der Waals surface area contributed by atoms with Crippen LogP contribution in [0.5, 0.6) is 5.75 Å². The van der Waals surface area contributed by atoms with Gasteiger partial charge < -0.3 is 10.1 Å². The minimum absolute atomic E-state index is 0.223. The third-order valence-corrected chi connectivity index (χ3v) is 4.19. The minimum Gasteiger partial charge on any atom is -0.497 e. The maximum atomic E-state index is 12.6. The molecule has 0 aliphatic carbocycles. The number of rotatable bonds is 5. The summed E-state index contributed by atoms with van der Waals surface area (Å²) in [6, 6.07) is 10.7. The number of carbonyl (C=O) groups excluding carboxylic acids is 4. The van der Waals surface area contributed by atoms with Gasteiger partial charge >= 0.3 is 17.8 Å². The number of benzene rings is 2. The zero-order chi connectivity index (χ0) is 20.4. The van der Waals surface area contributed by atoms with Gasteiger partial charge in [0, 0.05) is 5.69 Å². The van der Waals surface area contributed by atoms with Crippen LogP contribution in [-0.4, -0.2) is 42.3 Å². The van der Waals surface area contributed by atoms with Gasteiger partial charge in [0.25, 0.3) is 0 Å². The number of aryl methyl sites for hydroxylation is 2. The first-order chi connectivity index (χ1) is 13.3. The smallest absolute Gasteiger partial charge is 0.339 e. The van der Waals surface area contributed by atoms with Gasteiger partial charge in [0.1, 0.15) is 12.3 Å². The Hall–Kier alpha value is -3.68. The highest BCUT2D eigenvalue weighted by Crippen LogP contribution is 2.24. The van der Waals surface area contributed by atoms with E-state index in [1.54, 1.807) is 24.3 Å². The van der Waals surface area contributed by atoms with Crippen molar-refractivity contribution in [3.05, 3.63) is 53.6 Å². The number of hydrogen-bond donors (Lipinski definition) is 1. The van der Waals surface area contributed by atoms with Gasteiger partial charge in [-0.05, 0) is 61.4 Å². The lowest BCUT2D eigenvalue weighted by Crippen LogP contribution is -2.39. The van der Waals surface area contributed by atoms with Gasteiger partial charge in [0.05, 0.1) is 12.8 Å². The molecule has 1 aliphatic heterocycles. The molecule has 0 aromatic heterocycles. The molecule has 0 saturated carbocycles. The molecule has 28 heavy (non-hydrogen) atoms. The molecule has 3 rings (SSSR count). The van der Waals surface area contributed by atoms with Crippen molar-refractivity contribution in [3.63, 3.8) is 0 Å². The number of methoxy groups -OCH3 is 1. The van der Waals surface area contributed by atoms with Crippen LogP contribution in [-0.2, 0) is 14.4 Å². The Morgan fingerprint density at radius 3 is 2.14 bits per heavy atom. The molecular weight excluding hydrogens is 362 g/mol. The number of amides is 5. The summed E-state index contributed by atoms with van der Waals surface area (Å²) in [5.41, 5.74) is 2.70. The van der Waals surface area contributed by atoms with Crippen molar-refractivity contribution in [1.82, 2.24) is 4.90 Å². The second kappa shape index (κ2) is 7.51. The van der Waals surface area contributed by atoms with Crippen molar-refractivity contribution >= 4 is 35.1 Å². The second-order valence-electron chi connectivity index (χ2n) is 6.44. The Labute approximate surface area is 161 Å². The third kappa shape index (κ3) is 3.71. The average Bonchev–Trinajstić information content (AvgIpc) is 2.84. The van der Waals surface area contributed by atoms with E-state index in [9.17, 15) is 19.2 Å². The number of nitrogens with one attached hydrogen (secondary N) is 1. The van der Waals surface area contributed by atoms with E-state index in [2.05, 4.69) is 5.32 Å². The summed E-state index contributed by atoms with van der Waals surface area (Å²) in [5.74, 6) is -2.08. The molecule has 0 spiro atoms. The predicted octanol–water partition coefficient (Wildman–Crippen LogP) is 2.25. The third-order valence-electron chi connectivity index (χ3n) is 4.19. The zero-order valence-electron chi connectivity index (χ0n) is 15.7. The number of hydrogen-bond acceptors (Lipinski definition) is 5. The minimum atomic E-state index is -1.05. The standard InChI is InChI=1S/C20H19N3O5/c1-12-8-13(2)10-14(9-12)21-17(24)11-22-18(25)19(26)23(20(22)27)15-4-6-16(28-3)7-5-15/h4-10H,11H2,1-3H3,(H,21,24). The number of carbonyl (C=O) groups is 4. The number of imide groups is 2. The van der Waals surface area contributed by atoms with Gasteiger partial charge in [-0.25, -0.2) is 14.6 Å². The summed E-state index contributed by atoms with van der Waals surface area (Å²) in [6.45, 7) is 3.23. The zero-order valence-corrected chi connectivity index (χ0v) is 15.7. The topological polar surface area (TPSA) is 96.0 Å². The van der Waals surface area contributed by atoms with E-state index >= 15 is 0 Å². The first kappa shape index (κ1) is 19.1. The Morgan fingerprint density at radius 1 is 0.964 bits per heavy atom. The van der Waals surface area contributed by atoms with E-state index in [1.165, 1.54) is 19.2 Å². The van der Waals surface area contributed by atoms with Crippen LogP contribution in [0.25, 0.3) is 0 Å². The van der Waals surface area contributed by atoms with E-state index < -0.39 is 30.3 Å². The van der Waals surface area contributed by atoms with Crippen LogP contribution in [0, 0.1) is 13.8 Å². The Morgan fingerprint density at radius 2 is 1.57 bits per heavy atom. The highest BCUT2D eigenvalue weighted by atomic mass is 16.5. The van der Waals surface area contributed by atoms with Crippen LogP contribution in [0.3, 0.4) is 0 Å². The Bertz CT molecular complexity index is 948. The van der Waals surface area contributed by atoms with Crippen molar-refractivity contribution in [3.8, 4) is 5.75 Å². The average molecular weight is 381 g/mol. The quantitative estimate of drug-likeness (QED) is 0.633. The summed E-state index contributed by atoms with van der Waals surface area (Å²) in [5, 5.41) is 2.64. The SMILES string of the molecule is COc1ccc(N2C(=O)C(=O)N(CC(=O)Nc3cc(C)cc(C)c3)C2=O)cc1. The number of ether oxygens (including phenoxy) is 1. The molecule has 1 aliphatic rings. The summed E-state index contributed by atoms with van der Waals surface area (Å²) in [6.07, 6.45) is 0. The van der Waals surface area contributed by atoms with E-state index in [0.717, 1.165) is 16.0 Å². The molecule has 2 aromatic carbocycles. The number of anilines is 2. The van der Waals surface area contributed by atoms with Crippen molar-refractivity contribution in [2.24, 2.45) is 0 Å². The van der Waals surface area contributed by atoms with Crippen molar-refractivity contribution in [1.29, 1.82) is 0 Å². The molecule has 8 nitrogen and oxygen atoms in total. The number of nitrogens with zero attached hydrogens (tertiary/aromatic N) is 2. The molecule has 0 radical (unpaired) electrons. The fourth-order valence-electron chi connectivity index (χ4n) is 2.99. The van der Waals surface area contributed by atoms with Gasteiger partial charge in [-0.15, -0.1) is 0 Å². The highest BCUT2D eigenvalue weighted by molar-refractivity contribution is 6.53. The molecule has 0 unspecified atom stereocenters. The second-order valence-corrected chi connectivity index (χ2v) is 6.44. The molecule has 1 heterocycles. The predicted molar refractivity (Wildman–Crippen MR) is 102 cm³/mol. The summed E-state index contributed by atoms with van der Waals surface area (Å²) in [7, 11) is 1.49. The Kier molecular flexibility index (Phi) is 5.12. The van der Waals surface area contributed by atoms with Gasteiger partial charge in [0.2, 0.25) is 5.91 Å². The van der Waals surface area contributed by atoms with Crippen molar-refractivity contribution in [2.45, 2.75) is 13.8 Å². The Balaban J connectivity index is 1.75. The first-order valence-corrected chi connectivity index (χ1v) is 8.52. The fourth-order valence-corrected chi connectivity index (χ4v) is 2.99. The lowest BCUT2D eigenvalue weighted by Gasteiger charge is -2.16.